The van der Waals surface area contributed by atoms with Gasteiger partial charge in [-0.1, -0.05) is 0 Å². The van der Waals surface area contributed by atoms with Crippen molar-refractivity contribution >= 4 is 5.95 Å². The normalized spacial score (nSPS) is 19.6. The molecular formula is C13H24N4. The molecule has 4 nitrogen and oxygen atoms in total. The summed E-state index contributed by atoms with van der Waals surface area (Å²) in [6.07, 6.45) is 6.50. The summed E-state index contributed by atoms with van der Waals surface area (Å²) in [5.74, 6) is 1.95. The second kappa shape index (κ2) is 5.54. The third-order valence-corrected chi connectivity index (χ3v) is 4.02. The molecule has 17 heavy (non-hydrogen) atoms. The zero-order valence-corrected chi connectivity index (χ0v) is 11.2. The minimum atomic E-state index is 0.628. The van der Waals surface area contributed by atoms with Crippen LogP contribution >= 0.6 is 0 Å². The van der Waals surface area contributed by atoms with Gasteiger partial charge in [0.25, 0.3) is 0 Å². The number of aryl methyl sites for hydroxylation is 1. The fourth-order valence-corrected chi connectivity index (χ4v) is 2.67. The lowest BCUT2D eigenvalue weighted by Crippen LogP contribution is -2.41. The lowest BCUT2D eigenvalue weighted by molar-refractivity contribution is 0.321. The van der Waals surface area contributed by atoms with E-state index in [0.717, 1.165) is 31.5 Å². The molecule has 96 valence electrons. The minimum absolute atomic E-state index is 0.628. The third kappa shape index (κ3) is 2.63. The molecule has 0 aliphatic carbocycles. The number of nitrogens with one attached hydrogen (secondary N) is 1. The van der Waals surface area contributed by atoms with E-state index < -0.39 is 0 Å². The van der Waals surface area contributed by atoms with Crippen LogP contribution < -0.4 is 10.2 Å². The van der Waals surface area contributed by atoms with E-state index in [-0.39, 0.29) is 0 Å². The topological polar surface area (TPSA) is 33.1 Å². The zero-order valence-electron chi connectivity index (χ0n) is 11.2. The van der Waals surface area contributed by atoms with Gasteiger partial charge in [-0.05, 0) is 39.7 Å². The molecule has 1 aromatic heterocycles. The van der Waals surface area contributed by atoms with Crippen LogP contribution in [0.15, 0.2) is 12.4 Å². The van der Waals surface area contributed by atoms with Crippen LogP contribution in [0.25, 0.3) is 0 Å². The highest BCUT2D eigenvalue weighted by Crippen LogP contribution is 2.24. The summed E-state index contributed by atoms with van der Waals surface area (Å²) in [7, 11) is 2.06. The first-order valence-corrected chi connectivity index (χ1v) is 6.69. The van der Waals surface area contributed by atoms with Gasteiger partial charge in [0.2, 0.25) is 5.95 Å². The van der Waals surface area contributed by atoms with E-state index in [9.17, 15) is 0 Å². The van der Waals surface area contributed by atoms with Gasteiger partial charge in [-0.25, -0.2) is 4.98 Å². The van der Waals surface area contributed by atoms with E-state index in [2.05, 4.69) is 46.9 Å². The Morgan fingerprint density at radius 3 is 2.76 bits per heavy atom. The number of aromatic nitrogens is 2. The SMILES string of the molecule is CCn1ccnc1N1CCC(C(C)NC)CC1. The molecule has 0 bridgehead atoms. The van der Waals surface area contributed by atoms with Crippen molar-refractivity contribution in [3.63, 3.8) is 0 Å². The first-order valence-electron chi connectivity index (χ1n) is 6.69. The van der Waals surface area contributed by atoms with E-state index in [1.54, 1.807) is 0 Å². The van der Waals surface area contributed by atoms with Crippen molar-refractivity contribution in [3.8, 4) is 0 Å². The lowest BCUT2D eigenvalue weighted by Gasteiger charge is -2.35. The summed E-state index contributed by atoms with van der Waals surface area (Å²) in [5, 5.41) is 3.37. The Morgan fingerprint density at radius 2 is 2.18 bits per heavy atom. The van der Waals surface area contributed by atoms with Crippen LogP contribution in [0.2, 0.25) is 0 Å². The molecule has 0 aromatic carbocycles. The molecule has 1 aromatic rings. The number of imidazole rings is 1. The van der Waals surface area contributed by atoms with Crippen LogP contribution in [0.1, 0.15) is 26.7 Å². The van der Waals surface area contributed by atoms with Gasteiger partial charge in [-0.15, -0.1) is 0 Å². The molecule has 2 heterocycles. The van der Waals surface area contributed by atoms with Crippen LogP contribution in [-0.4, -0.2) is 35.7 Å². The van der Waals surface area contributed by atoms with E-state index in [4.69, 9.17) is 0 Å². The summed E-state index contributed by atoms with van der Waals surface area (Å²) in [4.78, 5) is 6.89. The van der Waals surface area contributed by atoms with Gasteiger partial charge >= 0.3 is 0 Å². The van der Waals surface area contributed by atoms with Crippen LogP contribution in [0.5, 0.6) is 0 Å². The van der Waals surface area contributed by atoms with Gasteiger partial charge in [0.15, 0.2) is 0 Å². The Hall–Kier alpha value is -1.03. The maximum atomic E-state index is 4.47. The molecule has 1 aliphatic heterocycles. The average molecular weight is 236 g/mol. The second-order valence-electron chi connectivity index (χ2n) is 4.92. The molecule has 1 saturated heterocycles. The standard InChI is InChI=1S/C13H24N4/c1-4-16-10-7-15-13(16)17-8-5-12(6-9-17)11(2)14-3/h7,10-12,14H,4-6,8-9H2,1-3H3. The van der Waals surface area contributed by atoms with Crippen molar-refractivity contribution in [2.45, 2.75) is 39.3 Å². The first-order chi connectivity index (χ1) is 8.26. The molecule has 2 rings (SSSR count). The Morgan fingerprint density at radius 1 is 1.47 bits per heavy atom. The predicted molar refractivity (Wildman–Crippen MR) is 71.4 cm³/mol. The van der Waals surface area contributed by atoms with E-state index >= 15 is 0 Å². The minimum Gasteiger partial charge on any atom is -0.342 e. The van der Waals surface area contributed by atoms with Gasteiger partial charge in [-0.2, -0.15) is 0 Å². The van der Waals surface area contributed by atoms with Gasteiger partial charge < -0.3 is 14.8 Å². The summed E-state index contributed by atoms with van der Waals surface area (Å²) in [6.45, 7) is 7.72. The van der Waals surface area contributed by atoms with E-state index in [0.29, 0.717) is 6.04 Å². The Balaban J connectivity index is 1.95. The smallest absolute Gasteiger partial charge is 0.205 e. The number of hydrogen-bond acceptors (Lipinski definition) is 3. The molecule has 0 radical (unpaired) electrons. The highest BCUT2D eigenvalue weighted by molar-refractivity contribution is 5.31. The number of piperidine rings is 1. The Kier molecular flexibility index (Phi) is 4.05. The average Bonchev–Trinajstić information content (AvgIpc) is 2.86. The fourth-order valence-electron chi connectivity index (χ4n) is 2.67. The first kappa shape index (κ1) is 12.4. The highest BCUT2D eigenvalue weighted by Gasteiger charge is 2.24. The van der Waals surface area contributed by atoms with Crippen LogP contribution in [0.4, 0.5) is 5.95 Å². The molecule has 1 unspecified atom stereocenters. The molecule has 1 N–H and O–H groups in total. The van der Waals surface area contributed by atoms with Crippen molar-refractivity contribution in [1.29, 1.82) is 0 Å². The molecule has 1 atom stereocenters. The Bertz CT molecular complexity index is 339. The third-order valence-electron chi connectivity index (χ3n) is 4.02. The van der Waals surface area contributed by atoms with Crippen molar-refractivity contribution in [2.24, 2.45) is 5.92 Å². The summed E-state index contributed by atoms with van der Waals surface area (Å²) >= 11 is 0. The van der Waals surface area contributed by atoms with Gasteiger partial charge in [0.05, 0.1) is 0 Å². The summed E-state index contributed by atoms with van der Waals surface area (Å²) < 4.78 is 2.22. The summed E-state index contributed by atoms with van der Waals surface area (Å²) in [5.41, 5.74) is 0. The Labute approximate surface area is 104 Å². The fraction of sp³-hybridized carbons (Fsp3) is 0.769. The van der Waals surface area contributed by atoms with E-state index in [1.807, 2.05) is 6.20 Å². The summed E-state index contributed by atoms with van der Waals surface area (Å²) in [6, 6.07) is 0.628. The van der Waals surface area contributed by atoms with Gasteiger partial charge in [-0.3, -0.25) is 0 Å². The van der Waals surface area contributed by atoms with Crippen LogP contribution in [-0.2, 0) is 6.54 Å². The molecule has 4 heteroatoms. The van der Waals surface area contributed by atoms with Crippen molar-refractivity contribution in [1.82, 2.24) is 14.9 Å². The quantitative estimate of drug-likeness (QED) is 0.864. The number of rotatable bonds is 4. The number of nitrogens with zero attached hydrogens (tertiary/aromatic N) is 3. The molecular weight excluding hydrogens is 212 g/mol. The number of anilines is 1. The van der Waals surface area contributed by atoms with Gasteiger partial charge in [0.1, 0.15) is 0 Å². The van der Waals surface area contributed by atoms with Gasteiger partial charge in [0, 0.05) is 38.1 Å². The largest absolute Gasteiger partial charge is 0.342 e. The molecule has 1 aliphatic rings. The maximum Gasteiger partial charge on any atom is 0.205 e. The van der Waals surface area contributed by atoms with Crippen molar-refractivity contribution < 1.29 is 0 Å². The molecule has 0 amide bonds. The van der Waals surface area contributed by atoms with Crippen LogP contribution in [0, 0.1) is 5.92 Å². The molecule has 0 spiro atoms. The molecule has 0 saturated carbocycles. The molecule has 1 fully saturated rings. The highest BCUT2D eigenvalue weighted by atomic mass is 15.3. The van der Waals surface area contributed by atoms with Crippen molar-refractivity contribution in [2.75, 3.05) is 25.0 Å². The predicted octanol–water partition coefficient (Wildman–Crippen LogP) is 1.73. The van der Waals surface area contributed by atoms with E-state index in [1.165, 1.54) is 12.8 Å². The number of hydrogen-bond donors (Lipinski definition) is 1. The zero-order chi connectivity index (χ0) is 12.3. The monoisotopic (exact) mass is 236 g/mol. The van der Waals surface area contributed by atoms with Crippen LogP contribution in [0.3, 0.4) is 0 Å². The lowest BCUT2D eigenvalue weighted by atomic mass is 9.90. The maximum absolute atomic E-state index is 4.47. The second-order valence-corrected chi connectivity index (χ2v) is 4.92. The van der Waals surface area contributed by atoms with Crippen molar-refractivity contribution in [3.05, 3.63) is 12.4 Å².